The SMILES string of the molecule is COc1cc(C)nc(CN2C[C@@H](C)[C@H](C(N)=O)C2)c1. The number of rotatable bonds is 4. The number of primary amides is 1. The summed E-state index contributed by atoms with van der Waals surface area (Å²) in [6.07, 6.45) is 0. The fourth-order valence-corrected chi connectivity index (χ4v) is 2.70. The first-order chi connectivity index (χ1) is 8.99. The van der Waals surface area contributed by atoms with Crippen LogP contribution in [0.4, 0.5) is 0 Å². The minimum Gasteiger partial charge on any atom is -0.497 e. The van der Waals surface area contributed by atoms with Crippen molar-refractivity contribution in [3.8, 4) is 5.75 Å². The van der Waals surface area contributed by atoms with E-state index in [9.17, 15) is 4.79 Å². The van der Waals surface area contributed by atoms with Gasteiger partial charge in [0, 0.05) is 37.5 Å². The molecule has 0 saturated carbocycles. The number of carbonyl (C=O) groups is 1. The Labute approximate surface area is 113 Å². The highest BCUT2D eigenvalue weighted by atomic mass is 16.5. The van der Waals surface area contributed by atoms with E-state index < -0.39 is 0 Å². The monoisotopic (exact) mass is 263 g/mol. The van der Waals surface area contributed by atoms with Gasteiger partial charge in [0.1, 0.15) is 5.75 Å². The molecule has 0 spiro atoms. The van der Waals surface area contributed by atoms with Gasteiger partial charge in [-0.05, 0) is 12.8 Å². The molecule has 1 amide bonds. The lowest BCUT2D eigenvalue weighted by molar-refractivity contribution is -0.122. The van der Waals surface area contributed by atoms with E-state index in [0.29, 0.717) is 12.5 Å². The quantitative estimate of drug-likeness (QED) is 0.878. The first kappa shape index (κ1) is 13.8. The van der Waals surface area contributed by atoms with Crippen LogP contribution in [0.25, 0.3) is 0 Å². The Hall–Kier alpha value is -1.62. The number of hydrogen-bond acceptors (Lipinski definition) is 4. The molecule has 1 aromatic rings. The van der Waals surface area contributed by atoms with E-state index in [0.717, 1.165) is 30.2 Å². The number of nitrogens with two attached hydrogens (primary N) is 1. The van der Waals surface area contributed by atoms with Gasteiger partial charge in [-0.15, -0.1) is 0 Å². The van der Waals surface area contributed by atoms with Gasteiger partial charge in [-0.1, -0.05) is 6.92 Å². The van der Waals surface area contributed by atoms with Gasteiger partial charge in [-0.2, -0.15) is 0 Å². The van der Waals surface area contributed by atoms with E-state index in [-0.39, 0.29) is 11.8 Å². The van der Waals surface area contributed by atoms with Crippen molar-refractivity contribution < 1.29 is 9.53 Å². The third-order valence-corrected chi connectivity index (χ3v) is 3.65. The molecule has 1 aliphatic rings. The van der Waals surface area contributed by atoms with Crippen LogP contribution in [-0.4, -0.2) is 36.0 Å². The smallest absolute Gasteiger partial charge is 0.222 e. The molecule has 0 radical (unpaired) electrons. The normalized spacial score (nSPS) is 23.5. The zero-order valence-corrected chi connectivity index (χ0v) is 11.7. The summed E-state index contributed by atoms with van der Waals surface area (Å²) < 4.78 is 5.25. The molecule has 0 unspecified atom stereocenters. The standard InChI is InChI=1S/C14H21N3O2/c1-9-6-17(8-13(9)14(15)18)7-11-5-12(19-3)4-10(2)16-11/h4-5,9,13H,6-8H2,1-3H3,(H2,15,18)/t9-,13-/m1/s1. The summed E-state index contributed by atoms with van der Waals surface area (Å²) in [6.45, 7) is 6.34. The number of ether oxygens (including phenoxy) is 1. The number of aromatic nitrogens is 1. The van der Waals surface area contributed by atoms with Gasteiger partial charge in [0.15, 0.2) is 0 Å². The lowest BCUT2D eigenvalue weighted by Crippen LogP contribution is -2.29. The summed E-state index contributed by atoms with van der Waals surface area (Å²) in [6, 6.07) is 3.84. The lowest BCUT2D eigenvalue weighted by Gasteiger charge is -2.15. The topological polar surface area (TPSA) is 68.4 Å². The number of aryl methyl sites for hydroxylation is 1. The summed E-state index contributed by atoms with van der Waals surface area (Å²) in [5.74, 6) is 0.877. The van der Waals surface area contributed by atoms with Crippen LogP contribution in [0.5, 0.6) is 5.75 Å². The maximum Gasteiger partial charge on any atom is 0.222 e. The zero-order valence-electron chi connectivity index (χ0n) is 11.7. The van der Waals surface area contributed by atoms with E-state index in [4.69, 9.17) is 10.5 Å². The summed E-state index contributed by atoms with van der Waals surface area (Å²) in [5, 5.41) is 0. The first-order valence-electron chi connectivity index (χ1n) is 6.53. The summed E-state index contributed by atoms with van der Waals surface area (Å²) >= 11 is 0. The molecule has 5 nitrogen and oxygen atoms in total. The number of nitrogens with zero attached hydrogens (tertiary/aromatic N) is 2. The highest BCUT2D eigenvalue weighted by Gasteiger charge is 2.33. The van der Waals surface area contributed by atoms with Crippen molar-refractivity contribution in [2.24, 2.45) is 17.6 Å². The summed E-state index contributed by atoms with van der Waals surface area (Å²) in [5.41, 5.74) is 7.32. The zero-order chi connectivity index (χ0) is 14.0. The van der Waals surface area contributed by atoms with Gasteiger partial charge in [0.05, 0.1) is 18.7 Å². The van der Waals surface area contributed by atoms with Crippen molar-refractivity contribution >= 4 is 5.91 Å². The summed E-state index contributed by atoms with van der Waals surface area (Å²) in [4.78, 5) is 18.1. The van der Waals surface area contributed by atoms with Crippen LogP contribution in [0.2, 0.25) is 0 Å². The van der Waals surface area contributed by atoms with E-state index in [1.807, 2.05) is 19.1 Å². The number of amides is 1. The molecule has 104 valence electrons. The Morgan fingerprint density at radius 3 is 2.84 bits per heavy atom. The lowest BCUT2D eigenvalue weighted by atomic mass is 9.98. The Morgan fingerprint density at radius 2 is 2.26 bits per heavy atom. The predicted molar refractivity (Wildman–Crippen MR) is 72.7 cm³/mol. The van der Waals surface area contributed by atoms with Crippen molar-refractivity contribution in [2.75, 3.05) is 20.2 Å². The molecule has 1 aromatic heterocycles. The van der Waals surface area contributed by atoms with Crippen molar-refractivity contribution in [2.45, 2.75) is 20.4 Å². The second-order valence-corrected chi connectivity index (χ2v) is 5.32. The van der Waals surface area contributed by atoms with E-state index >= 15 is 0 Å². The minimum absolute atomic E-state index is 0.0493. The van der Waals surface area contributed by atoms with E-state index in [2.05, 4.69) is 16.8 Å². The highest BCUT2D eigenvalue weighted by molar-refractivity contribution is 5.77. The number of methoxy groups -OCH3 is 1. The molecule has 0 bridgehead atoms. The number of pyridine rings is 1. The van der Waals surface area contributed by atoms with Crippen molar-refractivity contribution in [1.29, 1.82) is 0 Å². The van der Waals surface area contributed by atoms with E-state index in [1.165, 1.54) is 0 Å². The molecular formula is C14H21N3O2. The third kappa shape index (κ3) is 3.23. The second kappa shape index (κ2) is 5.57. The second-order valence-electron chi connectivity index (χ2n) is 5.32. The molecule has 2 atom stereocenters. The maximum absolute atomic E-state index is 11.3. The molecule has 0 aliphatic carbocycles. The van der Waals surface area contributed by atoms with Crippen molar-refractivity contribution in [3.05, 3.63) is 23.5 Å². The number of hydrogen-bond donors (Lipinski definition) is 1. The van der Waals surface area contributed by atoms with Gasteiger partial charge < -0.3 is 10.5 Å². The Bertz CT molecular complexity index is 476. The third-order valence-electron chi connectivity index (χ3n) is 3.65. The molecular weight excluding hydrogens is 242 g/mol. The predicted octanol–water partition coefficient (Wildman–Crippen LogP) is 0.952. The van der Waals surface area contributed by atoms with Crippen molar-refractivity contribution in [1.82, 2.24) is 9.88 Å². The van der Waals surface area contributed by atoms with Gasteiger partial charge in [-0.3, -0.25) is 14.7 Å². The molecule has 2 rings (SSSR count). The van der Waals surface area contributed by atoms with Crippen LogP contribution in [0.3, 0.4) is 0 Å². The average molecular weight is 263 g/mol. The number of likely N-dealkylation sites (tertiary alicyclic amines) is 1. The van der Waals surface area contributed by atoms with Gasteiger partial charge >= 0.3 is 0 Å². The Morgan fingerprint density at radius 1 is 1.53 bits per heavy atom. The van der Waals surface area contributed by atoms with Gasteiger partial charge in [-0.25, -0.2) is 0 Å². The van der Waals surface area contributed by atoms with Crippen LogP contribution in [0, 0.1) is 18.8 Å². The molecule has 2 N–H and O–H groups in total. The largest absolute Gasteiger partial charge is 0.497 e. The fraction of sp³-hybridized carbons (Fsp3) is 0.571. The molecule has 5 heteroatoms. The van der Waals surface area contributed by atoms with Crippen LogP contribution in [0.15, 0.2) is 12.1 Å². The summed E-state index contributed by atoms with van der Waals surface area (Å²) in [7, 11) is 1.65. The van der Waals surface area contributed by atoms with Crippen LogP contribution < -0.4 is 10.5 Å². The number of carbonyl (C=O) groups excluding carboxylic acids is 1. The molecule has 2 heterocycles. The van der Waals surface area contributed by atoms with Crippen LogP contribution in [0.1, 0.15) is 18.3 Å². The van der Waals surface area contributed by atoms with Crippen molar-refractivity contribution in [3.63, 3.8) is 0 Å². The van der Waals surface area contributed by atoms with Gasteiger partial charge in [0.25, 0.3) is 0 Å². The Balaban J connectivity index is 2.06. The molecule has 1 fully saturated rings. The maximum atomic E-state index is 11.3. The average Bonchev–Trinajstić information content (AvgIpc) is 2.69. The van der Waals surface area contributed by atoms with Gasteiger partial charge in [0.2, 0.25) is 5.91 Å². The fourth-order valence-electron chi connectivity index (χ4n) is 2.70. The Kier molecular flexibility index (Phi) is 4.04. The molecule has 19 heavy (non-hydrogen) atoms. The molecule has 1 aliphatic heterocycles. The molecule has 1 saturated heterocycles. The molecule has 0 aromatic carbocycles. The first-order valence-corrected chi connectivity index (χ1v) is 6.53. The minimum atomic E-state index is -0.204. The van der Waals surface area contributed by atoms with Crippen LogP contribution in [-0.2, 0) is 11.3 Å². The van der Waals surface area contributed by atoms with E-state index in [1.54, 1.807) is 7.11 Å². The van der Waals surface area contributed by atoms with Crippen LogP contribution >= 0.6 is 0 Å². The highest BCUT2D eigenvalue weighted by Crippen LogP contribution is 2.24.